The molecule has 3 rings (SSSR count). The number of para-hydroxylation sites is 1. The van der Waals surface area contributed by atoms with E-state index in [0.717, 1.165) is 21.4 Å². The average molecular weight is 422 g/mol. The molecule has 30 heavy (non-hydrogen) atoms. The second-order valence-corrected chi connectivity index (χ2v) is 10.8. The van der Waals surface area contributed by atoms with Crippen molar-refractivity contribution in [3.63, 3.8) is 0 Å². The van der Waals surface area contributed by atoms with Gasteiger partial charge >= 0.3 is 0 Å². The first-order chi connectivity index (χ1) is 14.3. The Morgan fingerprint density at radius 3 is 2.37 bits per heavy atom. The molecule has 0 aromatic heterocycles. The highest BCUT2D eigenvalue weighted by atomic mass is 31.1. The molecular formula is C27H36NOP. The van der Waals surface area contributed by atoms with E-state index in [1.54, 1.807) is 0 Å². The topological polar surface area (TPSA) is 12.5 Å². The predicted octanol–water partition coefficient (Wildman–Crippen LogP) is 6.68. The molecule has 0 N–H and O–H groups in total. The fourth-order valence-electron chi connectivity index (χ4n) is 4.35. The summed E-state index contributed by atoms with van der Waals surface area (Å²) in [6.07, 6.45) is 4.50. The maximum atomic E-state index is 6.53. The van der Waals surface area contributed by atoms with Gasteiger partial charge in [0.05, 0.1) is 0 Å². The minimum Gasteiger partial charge on any atom is -0.493 e. The Bertz CT molecular complexity index is 915. The number of hydrogen-bond acceptors (Lipinski definition) is 2. The predicted molar refractivity (Wildman–Crippen MR) is 133 cm³/mol. The first-order valence-electron chi connectivity index (χ1n) is 10.9. The van der Waals surface area contributed by atoms with E-state index in [-0.39, 0.29) is 5.16 Å². The van der Waals surface area contributed by atoms with Crippen LogP contribution < -0.4 is 10.2 Å². The molecular weight excluding hydrogens is 385 g/mol. The largest absolute Gasteiger partial charge is 0.493 e. The van der Waals surface area contributed by atoms with Crippen LogP contribution in [0.1, 0.15) is 46.1 Å². The van der Waals surface area contributed by atoms with Crippen molar-refractivity contribution in [2.75, 3.05) is 19.0 Å². The first-order valence-corrected chi connectivity index (χ1v) is 11.9. The summed E-state index contributed by atoms with van der Waals surface area (Å²) >= 11 is 0. The van der Waals surface area contributed by atoms with Gasteiger partial charge in [-0.05, 0) is 54.4 Å². The second-order valence-electron chi connectivity index (χ2n) is 8.88. The lowest BCUT2D eigenvalue weighted by molar-refractivity contribution is 0.145. The second kappa shape index (κ2) is 9.84. The highest BCUT2D eigenvalue weighted by Gasteiger charge is 2.39. The zero-order chi connectivity index (χ0) is 21.7. The van der Waals surface area contributed by atoms with Crippen molar-refractivity contribution >= 4 is 19.6 Å². The molecule has 1 aliphatic rings. The Balaban J connectivity index is 1.91. The minimum absolute atomic E-state index is 0.148. The van der Waals surface area contributed by atoms with Gasteiger partial charge in [0.1, 0.15) is 12.4 Å². The molecule has 2 nitrogen and oxygen atoms in total. The minimum atomic E-state index is 0.148. The smallest absolute Gasteiger partial charge is 0.113 e. The van der Waals surface area contributed by atoms with Gasteiger partial charge in [-0.25, -0.2) is 0 Å². The van der Waals surface area contributed by atoms with Crippen LogP contribution in [0.4, 0.5) is 5.69 Å². The van der Waals surface area contributed by atoms with Crippen LogP contribution >= 0.6 is 8.58 Å². The van der Waals surface area contributed by atoms with Crippen LogP contribution in [0.25, 0.3) is 0 Å². The summed E-state index contributed by atoms with van der Waals surface area (Å²) in [6, 6.07) is 19.3. The van der Waals surface area contributed by atoms with Crippen molar-refractivity contribution in [1.82, 2.24) is 0 Å². The standard InChI is InChI=1S/C27H36NOP/c1-7-27(4,30-25-16-12-11-15-24(25)28(5)6)23-18-20(2)17-21(3)26(23)29-19-22-13-9-8-10-14-22/h8-17,23,30H,7,18-19H2,1-6H3. The van der Waals surface area contributed by atoms with E-state index in [1.165, 1.54) is 33.5 Å². The van der Waals surface area contributed by atoms with Gasteiger partial charge in [0.2, 0.25) is 0 Å². The van der Waals surface area contributed by atoms with Crippen LogP contribution in [0.5, 0.6) is 0 Å². The van der Waals surface area contributed by atoms with Crippen LogP contribution in [-0.4, -0.2) is 19.3 Å². The number of rotatable bonds is 8. The van der Waals surface area contributed by atoms with Crippen molar-refractivity contribution < 1.29 is 4.74 Å². The third-order valence-corrected chi connectivity index (χ3v) is 8.21. The number of allylic oxidation sites excluding steroid dienone is 4. The Hall–Kier alpha value is -2.05. The Morgan fingerprint density at radius 1 is 1.03 bits per heavy atom. The molecule has 0 radical (unpaired) electrons. The first kappa shape index (κ1) is 22.6. The maximum absolute atomic E-state index is 6.53. The summed E-state index contributed by atoms with van der Waals surface area (Å²) < 4.78 is 6.53. The van der Waals surface area contributed by atoms with Gasteiger partial charge in [-0.15, -0.1) is 0 Å². The molecule has 0 bridgehead atoms. The van der Waals surface area contributed by atoms with Crippen molar-refractivity contribution in [1.29, 1.82) is 0 Å². The third kappa shape index (κ3) is 5.16. The fraction of sp³-hybridized carbons (Fsp3) is 0.407. The quantitative estimate of drug-likeness (QED) is 0.441. The van der Waals surface area contributed by atoms with Crippen molar-refractivity contribution in [2.24, 2.45) is 5.92 Å². The zero-order valence-electron chi connectivity index (χ0n) is 19.3. The van der Waals surface area contributed by atoms with Crippen LogP contribution in [0.3, 0.4) is 0 Å². The number of nitrogens with zero attached hydrogens (tertiary/aromatic N) is 1. The highest BCUT2D eigenvalue weighted by Crippen LogP contribution is 2.50. The van der Waals surface area contributed by atoms with Crippen LogP contribution in [-0.2, 0) is 11.3 Å². The number of hydrogen-bond donors (Lipinski definition) is 0. The molecule has 0 aliphatic heterocycles. The van der Waals surface area contributed by atoms with Gasteiger partial charge in [0.25, 0.3) is 0 Å². The van der Waals surface area contributed by atoms with Gasteiger partial charge in [0.15, 0.2) is 0 Å². The molecule has 0 amide bonds. The Kier molecular flexibility index (Phi) is 7.42. The Morgan fingerprint density at radius 2 is 1.70 bits per heavy atom. The molecule has 160 valence electrons. The van der Waals surface area contributed by atoms with E-state index in [1.807, 2.05) is 0 Å². The molecule has 2 aromatic carbocycles. The summed E-state index contributed by atoms with van der Waals surface area (Å²) in [7, 11) is 5.00. The molecule has 0 saturated heterocycles. The maximum Gasteiger partial charge on any atom is 0.113 e. The molecule has 1 aliphatic carbocycles. The average Bonchev–Trinajstić information content (AvgIpc) is 2.73. The van der Waals surface area contributed by atoms with Gasteiger partial charge in [0, 0.05) is 25.7 Å². The third-order valence-electron chi connectivity index (χ3n) is 6.24. The summed E-state index contributed by atoms with van der Waals surface area (Å²) in [4.78, 5) is 2.23. The summed E-state index contributed by atoms with van der Waals surface area (Å²) in [5, 5.41) is 1.59. The molecule has 3 atom stereocenters. The van der Waals surface area contributed by atoms with E-state index in [4.69, 9.17) is 4.74 Å². The molecule has 2 aromatic rings. The molecule has 3 unspecified atom stereocenters. The SMILES string of the molecule is CCC(C)(Pc1ccccc1N(C)C)C1CC(C)=CC(C)=C1OCc1ccccc1. The molecule has 3 heteroatoms. The lowest BCUT2D eigenvalue weighted by atomic mass is 9.79. The zero-order valence-corrected chi connectivity index (χ0v) is 20.3. The van der Waals surface area contributed by atoms with E-state index in [9.17, 15) is 0 Å². The number of benzene rings is 2. The van der Waals surface area contributed by atoms with Crippen LogP contribution in [0, 0.1) is 5.92 Å². The molecule has 0 heterocycles. The Labute approximate surface area is 184 Å². The van der Waals surface area contributed by atoms with Gasteiger partial charge < -0.3 is 9.64 Å². The van der Waals surface area contributed by atoms with Gasteiger partial charge in [-0.2, -0.15) is 0 Å². The van der Waals surface area contributed by atoms with Crippen molar-refractivity contribution in [3.05, 3.63) is 83.1 Å². The summed E-state index contributed by atoms with van der Waals surface area (Å²) in [5.41, 5.74) is 5.28. The summed E-state index contributed by atoms with van der Waals surface area (Å²) in [6.45, 7) is 9.90. The summed E-state index contributed by atoms with van der Waals surface area (Å²) in [5.74, 6) is 1.58. The van der Waals surface area contributed by atoms with E-state index in [0.29, 0.717) is 12.5 Å². The lowest BCUT2D eigenvalue weighted by Gasteiger charge is -2.41. The molecule has 0 saturated carbocycles. The van der Waals surface area contributed by atoms with Gasteiger partial charge in [-0.1, -0.05) is 82.6 Å². The monoisotopic (exact) mass is 421 g/mol. The molecule has 0 fully saturated rings. The van der Waals surface area contributed by atoms with Crippen molar-refractivity contribution in [3.8, 4) is 0 Å². The normalized spacial score (nSPS) is 19.0. The van der Waals surface area contributed by atoms with Crippen LogP contribution in [0.2, 0.25) is 0 Å². The molecule has 0 spiro atoms. The fourth-order valence-corrected chi connectivity index (χ4v) is 6.17. The van der Waals surface area contributed by atoms with Gasteiger partial charge in [-0.3, -0.25) is 0 Å². The van der Waals surface area contributed by atoms with E-state index in [2.05, 4.69) is 107 Å². The highest BCUT2D eigenvalue weighted by molar-refractivity contribution is 7.49. The van der Waals surface area contributed by atoms with Crippen LogP contribution in [0.15, 0.2) is 77.6 Å². The van der Waals surface area contributed by atoms with E-state index < -0.39 is 0 Å². The number of ether oxygens (including phenoxy) is 1. The van der Waals surface area contributed by atoms with Crippen molar-refractivity contribution in [2.45, 2.75) is 52.3 Å². The number of anilines is 1. The van der Waals surface area contributed by atoms with E-state index >= 15 is 0 Å². The lowest BCUT2D eigenvalue weighted by Crippen LogP contribution is -2.36.